The van der Waals surface area contributed by atoms with Crippen LogP contribution in [0.5, 0.6) is 0 Å². The molecule has 3 aliphatic rings. The van der Waals surface area contributed by atoms with Crippen LogP contribution in [-0.2, 0) is 9.53 Å². The third kappa shape index (κ3) is 3.50. The van der Waals surface area contributed by atoms with Crippen LogP contribution in [-0.4, -0.2) is 37.1 Å². The van der Waals surface area contributed by atoms with Gasteiger partial charge in [0.25, 0.3) is 0 Å². The van der Waals surface area contributed by atoms with E-state index >= 15 is 0 Å². The lowest BCUT2D eigenvalue weighted by molar-refractivity contribution is -0.139. The quantitative estimate of drug-likeness (QED) is 0.788. The summed E-state index contributed by atoms with van der Waals surface area (Å²) in [7, 11) is 3.86. The molecule has 3 rings (SSSR count). The second-order valence-corrected chi connectivity index (χ2v) is 7.93. The largest absolute Gasteiger partial charge is 0.381 e. The Bertz CT molecular complexity index is 376. The molecule has 0 aliphatic heterocycles. The van der Waals surface area contributed by atoms with Crippen molar-refractivity contribution >= 4 is 5.91 Å². The van der Waals surface area contributed by atoms with Gasteiger partial charge in [-0.05, 0) is 56.8 Å². The maximum Gasteiger partial charge on any atom is 0.225 e. The fourth-order valence-electron chi connectivity index (χ4n) is 5.23. The number of nitrogens with zero attached hydrogens (tertiary/aromatic N) is 1. The lowest BCUT2D eigenvalue weighted by Crippen LogP contribution is -2.45. The van der Waals surface area contributed by atoms with Crippen molar-refractivity contribution in [3.05, 3.63) is 0 Å². The summed E-state index contributed by atoms with van der Waals surface area (Å²) < 4.78 is 5.45. The van der Waals surface area contributed by atoms with Crippen molar-refractivity contribution in [3.8, 4) is 0 Å². The van der Waals surface area contributed by atoms with Crippen LogP contribution in [0.25, 0.3) is 0 Å². The van der Waals surface area contributed by atoms with Gasteiger partial charge in [0.2, 0.25) is 5.91 Å². The summed E-state index contributed by atoms with van der Waals surface area (Å²) in [5.41, 5.74) is 0. The summed E-state index contributed by atoms with van der Waals surface area (Å²) in [6.45, 7) is 0. The second kappa shape index (κ2) is 7.33. The number of carbonyl (C=O) groups excluding carboxylic acids is 1. The molecular weight excluding hydrogens is 274 g/mol. The van der Waals surface area contributed by atoms with Crippen LogP contribution >= 0.6 is 0 Å². The zero-order valence-electron chi connectivity index (χ0n) is 14.4. The molecule has 0 unspecified atom stereocenters. The number of rotatable bonds is 3. The van der Waals surface area contributed by atoms with Gasteiger partial charge in [0.1, 0.15) is 0 Å². The molecule has 0 bridgehead atoms. The number of hydrogen-bond acceptors (Lipinski definition) is 2. The molecule has 0 aromatic rings. The summed E-state index contributed by atoms with van der Waals surface area (Å²) in [6, 6.07) is 0.447. The van der Waals surface area contributed by atoms with Gasteiger partial charge in [0.05, 0.1) is 6.10 Å². The standard InChI is InChI=1S/C19H33NO2/c1-20(17-9-11-18(22-2)12-10-17)19(21)16-8-7-14-5-3-4-6-15(14)13-16/h14-18H,3-13H2,1-2H3/t14-,15+,16+,17?,18?/m0/s1. The average Bonchev–Trinajstić information content (AvgIpc) is 2.60. The second-order valence-electron chi connectivity index (χ2n) is 7.93. The minimum Gasteiger partial charge on any atom is -0.381 e. The lowest BCUT2D eigenvalue weighted by Gasteiger charge is -2.41. The van der Waals surface area contributed by atoms with Crippen molar-refractivity contribution in [2.75, 3.05) is 14.2 Å². The van der Waals surface area contributed by atoms with E-state index in [0.29, 0.717) is 24.0 Å². The smallest absolute Gasteiger partial charge is 0.225 e. The molecule has 0 aromatic carbocycles. The van der Waals surface area contributed by atoms with Gasteiger partial charge in [-0.1, -0.05) is 25.7 Å². The Morgan fingerprint density at radius 3 is 2.27 bits per heavy atom. The molecule has 22 heavy (non-hydrogen) atoms. The summed E-state index contributed by atoms with van der Waals surface area (Å²) in [5, 5.41) is 0. The van der Waals surface area contributed by atoms with Crippen LogP contribution in [0, 0.1) is 17.8 Å². The van der Waals surface area contributed by atoms with E-state index in [2.05, 4.69) is 4.90 Å². The van der Waals surface area contributed by atoms with Gasteiger partial charge in [0.15, 0.2) is 0 Å². The molecule has 3 fully saturated rings. The topological polar surface area (TPSA) is 29.5 Å². The molecule has 0 radical (unpaired) electrons. The van der Waals surface area contributed by atoms with E-state index in [1.165, 1.54) is 38.5 Å². The maximum absolute atomic E-state index is 12.9. The van der Waals surface area contributed by atoms with Crippen molar-refractivity contribution in [2.45, 2.75) is 82.8 Å². The van der Waals surface area contributed by atoms with E-state index in [4.69, 9.17) is 4.74 Å². The number of hydrogen-bond donors (Lipinski definition) is 0. The van der Waals surface area contributed by atoms with E-state index in [1.807, 2.05) is 14.2 Å². The monoisotopic (exact) mass is 307 g/mol. The number of carbonyl (C=O) groups is 1. The van der Waals surface area contributed by atoms with E-state index < -0.39 is 0 Å². The first kappa shape index (κ1) is 16.3. The van der Waals surface area contributed by atoms with E-state index in [0.717, 1.165) is 43.9 Å². The van der Waals surface area contributed by atoms with Gasteiger partial charge in [-0.3, -0.25) is 4.79 Å². The van der Waals surface area contributed by atoms with Gasteiger partial charge in [-0.15, -0.1) is 0 Å². The first-order valence-electron chi connectivity index (χ1n) is 9.48. The van der Waals surface area contributed by atoms with E-state index in [1.54, 1.807) is 0 Å². The van der Waals surface area contributed by atoms with Crippen LogP contribution in [0.1, 0.15) is 70.6 Å². The predicted molar refractivity (Wildman–Crippen MR) is 88.6 cm³/mol. The molecule has 1 amide bonds. The molecule has 0 spiro atoms. The van der Waals surface area contributed by atoms with Gasteiger partial charge in [0, 0.05) is 26.1 Å². The van der Waals surface area contributed by atoms with Crippen molar-refractivity contribution in [3.63, 3.8) is 0 Å². The Kier molecular flexibility index (Phi) is 5.43. The van der Waals surface area contributed by atoms with Crippen LogP contribution in [0.15, 0.2) is 0 Å². The molecule has 0 heterocycles. The summed E-state index contributed by atoms with van der Waals surface area (Å²) in [6.07, 6.45) is 14.0. The van der Waals surface area contributed by atoms with Crippen LogP contribution in [0.4, 0.5) is 0 Å². The van der Waals surface area contributed by atoms with Crippen molar-refractivity contribution in [1.29, 1.82) is 0 Å². The highest BCUT2D eigenvalue weighted by Crippen LogP contribution is 2.43. The van der Waals surface area contributed by atoms with Crippen molar-refractivity contribution < 1.29 is 9.53 Å². The number of ether oxygens (including phenoxy) is 1. The summed E-state index contributed by atoms with van der Waals surface area (Å²) in [5.74, 6) is 2.52. The number of amides is 1. The van der Waals surface area contributed by atoms with Crippen LogP contribution < -0.4 is 0 Å². The first-order valence-corrected chi connectivity index (χ1v) is 9.48. The minimum absolute atomic E-state index is 0.310. The molecule has 3 heteroatoms. The number of methoxy groups -OCH3 is 1. The third-order valence-electron chi connectivity index (χ3n) is 6.76. The van der Waals surface area contributed by atoms with E-state index in [9.17, 15) is 4.79 Å². The lowest BCUT2D eigenvalue weighted by atomic mass is 9.67. The summed E-state index contributed by atoms with van der Waals surface area (Å²) >= 11 is 0. The molecule has 0 aromatic heterocycles. The molecule has 3 aliphatic carbocycles. The Morgan fingerprint density at radius 1 is 0.909 bits per heavy atom. The molecule has 126 valence electrons. The molecule has 3 atom stereocenters. The van der Waals surface area contributed by atoms with Gasteiger partial charge in [-0.25, -0.2) is 0 Å². The van der Waals surface area contributed by atoms with Gasteiger partial charge in [-0.2, -0.15) is 0 Å². The Hall–Kier alpha value is -0.570. The highest BCUT2D eigenvalue weighted by molar-refractivity contribution is 5.79. The molecular formula is C19H33NO2. The maximum atomic E-state index is 12.9. The molecule has 0 N–H and O–H groups in total. The van der Waals surface area contributed by atoms with E-state index in [-0.39, 0.29) is 0 Å². The Morgan fingerprint density at radius 2 is 1.59 bits per heavy atom. The van der Waals surface area contributed by atoms with Gasteiger partial charge >= 0.3 is 0 Å². The fourth-order valence-corrected chi connectivity index (χ4v) is 5.23. The third-order valence-corrected chi connectivity index (χ3v) is 6.76. The average molecular weight is 307 g/mol. The minimum atomic E-state index is 0.310. The molecule has 0 saturated heterocycles. The molecule has 3 nitrogen and oxygen atoms in total. The highest BCUT2D eigenvalue weighted by atomic mass is 16.5. The fraction of sp³-hybridized carbons (Fsp3) is 0.947. The van der Waals surface area contributed by atoms with Gasteiger partial charge < -0.3 is 9.64 Å². The Labute approximate surface area is 135 Å². The number of fused-ring (bicyclic) bond motifs is 1. The van der Waals surface area contributed by atoms with Crippen molar-refractivity contribution in [2.24, 2.45) is 17.8 Å². The first-order chi connectivity index (χ1) is 10.7. The van der Waals surface area contributed by atoms with Crippen LogP contribution in [0.2, 0.25) is 0 Å². The Balaban J connectivity index is 1.52. The normalized spacial score (nSPS) is 39.1. The zero-order valence-corrected chi connectivity index (χ0v) is 14.4. The zero-order chi connectivity index (χ0) is 15.5. The van der Waals surface area contributed by atoms with Crippen LogP contribution in [0.3, 0.4) is 0 Å². The predicted octanol–water partition coefficient (Wildman–Crippen LogP) is 4.01. The SMILES string of the molecule is COC1CCC(N(C)C(=O)[C@@H]2CC[C@@H]3CCCC[C@@H]3C2)CC1. The highest BCUT2D eigenvalue weighted by Gasteiger charge is 2.37. The molecule has 3 saturated carbocycles. The summed E-state index contributed by atoms with van der Waals surface area (Å²) in [4.78, 5) is 15.0. The van der Waals surface area contributed by atoms with Crippen molar-refractivity contribution in [1.82, 2.24) is 4.90 Å².